The summed E-state index contributed by atoms with van der Waals surface area (Å²) in [5, 5.41) is 5.57. The summed E-state index contributed by atoms with van der Waals surface area (Å²) in [6.45, 7) is 28.0. The zero-order valence-electron chi connectivity index (χ0n) is 37.8. The Hall–Kier alpha value is -3.86. The molecule has 1 aliphatic carbocycles. The molecule has 0 heterocycles. The van der Waals surface area contributed by atoms with Gasteiger partial charge in [-0.15, -0.1) is 46.2 Å². The van der Waals surface area contributed by atoms with Gasteiger partial charge < -0.3 is 0 Å². The Morgan fingerprint density at radius 3 is 0.922 bits per heavy atom. The van der Waals surface area contributed by atoms with Crippen LogP contribution in [0.3, 0.4) is 0 Å². The van der Waals surface area contributed by atoms with Gasteiger partial charge in [-0.3, -0.25) is 6.08 Å². The Kier molecular flexibility index (Phi) is 14.9. The van der Waals surface area contributed by atoms with E-state index in [0.717, 1.165) is 6.42 Å². The van der Waals surface area contributed by atoms with Gasteiger partial charge in [-0.25, -0.2) is 12.2 Å². The molecule has 0 N–H and O–H groups in total. The van der Waals surface area contributed by atoms with E-state index in [4.69, 9.17) is 0 Å². The first kappa shape index (κ1) is 52.8. The van der Waals surface area contributed by atoms with Crippen molar-refractivity contribution in [2.24, 2.45) is 0 Å². The SMILES string of the molecule is CC(C)(C)c1cc2[cH-]c3cc(C(C)(C)C)c(C(C)(C)C)cc3c2cc1C(C)(C)C.FC(F)(F)c1cc([C](=[Zr+2])c2cc(C(F)(F)F)cc(C(F)(F)F)c2)cc(C(F)(F)F)c1.[C-]1=CC=CC1. The minimum atomic E-state index is -5.22. The molecule has 0 saturated heterocycles. The molecular formula is C51H52F12Zr. The summed E-state index contributed by atoms with van der Waals surface area (Å²) in [5.74, 6) is 0. The number of alkyl halides is 12. The van der Waals surface area contributed by atoms with Crippen molar-refractivity contribution in [3.05, 3.63) is 147 Å². The molecule has 0 amide bonds. The van der Waals surface area contributed by atoms with E-state index < -0.39 is 61.3 Å². The molecule has 0 aromatic heterocycles. The molecule has 344 valence electrons. The van der Waals surface area contributed by atoms with Crippen molar-refractivity contribution in [1.29, 1.82) is 0 Å². The third kappa shape index (κ3) is 12.9. The van der Waals surface area contributed by atoms with E-state index in [0.29, 0.717) is 0 Å². The van der Waals surface area contributed by atoms with E-state index in [-0.39, 0.29) is 82.3 Å². The van der Waals surface area contributed by atoms with Gasteiger partial charge in [0.25, 0.3) is 0 Å². The molecule has 0 unspecified atom stereocenters. The van der Waals surface area contributed by atoms with E-state index in [1.807, 2.05) is 12.2 Å². The summed E-state index contributed by atoms with van der Waals surface area (Å²) in [6.07, 6.45) is -10.9. The van der Waals surface area contributed by atoms with Crippen LogP contribution in [0.15, 0.2) is 85.0 Å². The van der Waals surface area contributed by atoms with Gasteiger partial charge in [0.2, 0.25) is 0 Å². The molecule has 1 aliphatic rings. The summed E-state index contributed by atoms with van der Waals surface area (Å²) < 4.78 is 155. The minimum Gasteiger partial charge on any atom is -0.273 e. The average molecular weight is 984 g/mol. The second kappa shape index (κ2) is 18.1. The van der Waals surface area contributed by atoms with Crippen molar-refractivity contribution < 1.29 is 76.9 Å². The molecule has 0 atom stereocenters. The largest absolute Gasteiger partial charge is 0.273 e. The molecule has 5 aromatic rings. The molecule has 5 aromatic carbocycles. The van der Waals surface area contributed by atoms with E-state index >= 15 is 0 Å². The van der Waals surface area contributed by atoms with Crippen molar-refractivity contribution in [2.45, 2.75) is 136 Å². The van der Waals surface area contributed by atoms with Crippen LogP contribution in [0.5, 0.6) is 0 Å². The van der Waals surface area contributed by atoms with Crippen molar-refractivity contribution in [2.75, 3.05) is 0 Å². The Bertz CT molecular complexity index is 2320. The van der Waals surface area contributed by atoms with E-state index in [2.05, 4.69) is 126 Å². The van der Waals surface area contributed by atoms with Gasteiger partial charge >= 0.3 is 175 Å². The maximum atomic E-state index is 13.0. The molecule has 13 heteroatoms. The van der Waals surface area contributed by atoms with Crippen molar-refractivity contribution in [3.8, 4) is 0 Å². The van der Waals surface area contributed by atoms with Gasteiger partial charge in [-0.2, -0.15) is 6.08 Å². The quantitative estimate of drug-likeness (QED) is 0.122. The fourth-order valence-electron chi connectivity index (χ4n) is 7.29. The van der Waals surface area contributed by atoms with Gasteiger partial charge in [-0.05, 0) is 21.7 Å². The van der Waals surface area contributed by atoms with Crippen LogP contribution in [0.2, 0.25) is 0 Å². The molecule has 0 nitrogen and oxygen atoms in total. The maximum Gasteiger partial charge on any atom is -0.109 e. The summed E-state index contributed by atoms with van der Waals surface area (Å²) in [4.78, 5) is 0. The standard InChI is InChI=1S/C29H41.C17H6F12.C5H5.Zr/c1-26(2,3)22-14-18-13-19-15-23(27(4,5)6)25(29(10,11)12)17-21(19)20(18)16-24(22)28(7,8)9;18-14(19,20)10-2-8(3-11(6-10)15(21,22)23)1-9-4-12(16(24,25)26)7-13(5-9)17(27,28)29;1-2-4-5-3-1;/h13-17H,1-12H3;2-7H;1-3H,4H2;/q-1;;-1;+2. The third-order valence-corrected chi connectivity index (χ3v) is 12.0. The molecule has 0 aliphatic heterocycles. The van der Waals surface area contributed by atoms with Crippen molar-refractivity contribution >= 4 is 24.8 Å². The van der Waals surface area contributed by atoms with Gasteiger partial charge in [0.1, 0.15) is 0 Å². The fraction of sp³-hybridized carbons (Fsp3) is 0.412. The van der Waals surface area contributed by atoms with Crippen LogP contribution in [0.4, 0.5) is 52.7 Å². The first-order valence-electron chi connectivity index (χ1n) is 20.3. The minimum absolute atomic E-state index is 0.00108. The summed E-state index contributed by atoms with van der Waals surface area (Å²) >= 11 is -0.00108. The molecule has 0 fully saturated rings. The second-order valence-electron chi connectivity index (χ2n) is 20.1. The predicted octanol–water partition coefficient (Wildman–Crippen LogP) is 17.1. The number of benzene rings is 4. The summed E-state index contributed by atoms with van der Waals surface area (Å²) in [5.41, 5.74) is -2.14. The number of hydrogen-bond acceptors (Lipinski definition) is 0. The number of halogens is 12. The molecule has 0 radical (unpaired) electrons. The summed E-state index contributed by atoms with van der Waals surface area (Å²) in [6, 6.07) is 12.9. The Labute approximate surface area is 382 Å². The van der Waals surface area contributed by atoms with Crippen LogP contribution in [-0.2, 0) is 70.6 Å². The molecule has 6 rings (SSSR count). The van der Waals surface area contributed by atoms with Crippen LogP contribution < -0.4 is 0 Å². The van der Waals surface area contributed by atoms with Crippen LogP contribution in [0, 0.1) is 6.08 Å². The Morgan fingerprint density at radius 1 is 0.438 bits per heavy atom. The maximum absolute atomic E-state index is 13.0. The first-order chi connectivity index (χ1) is 28.7. The number of rotatable bonds is 2. The molecule has 64 heavy (non-hydrogen) atoms. The van der Waals surface area contributed by atoms with Crippen LogP contribution in [-0.4, -0.2) is 3.21 Å². The molecule has 0 spiro atoms. The van der Waals surface area contributed by atoms with Crippen LogP contribution in [0.1, 0.15) is 145 Å². The van der Waals surface area contributed by atoms with Crippen LogP contribution >= 0.6 is 0 Å². The van der Waals surface area contributed by atoms with Crippen LogP contribution in [0.25, 0.3) is 21.5 Å². The average Bonchev–Trinajstić information content (AvgIpc) is 3.82. The van der Waals surface area contributed by atoms with Gasteiger partial charge in [-0.1, -0.05) is 117 Å². The predicted molar refractivity (Wildman–Crippen MR) is 230 cm³/mol. The zero-order valence-corrected chi connectivity index (χ0v) is 40.3. The topological polar surface area (TPSA) is 0 Å². The van der Waals surface area contributed by atoms with E-state index in [1.54, 1.807) is 0 Å². The smallest absolute Gasteiger partial charge is 0.109 e. The Balaban J connectivity index is 0.000000252. The summed E-state index contributed by atoms with van der Waals surface area (Å²) in [7, 11) is 0. The number of allylic oxidation sites excluding steroid dienone is 4. The Morgan fingerprint density at radius 2 is 0.719 bits per heavy atom. The van der Waals surface area contributed by atoms with Gasteiger partial charge in [0, 0.05) is 0 Å². The molecule has 0 bridgehead atoms. The van der Waals surface area contributed by atoms with Crippen molar-refractivity contribution in [3.63, 3.8) is 0 Å². The third-order valence-electron chi connectivity index (χ3n) is 10.6. The fourth-order valence-corrected chi connectivity index (χ4v) is 8.00. The number of hydrogen-bond donors (Lipinski definition) is 0. The first-order valence-corrected chi connectivity index (χ1v) is 21.6. The van der Waals surface area contributed by atoms with E-state index in [9.17, 15) is 52.7 Å². The van der Waals surface area contributed by atoms with Crippen molar-refractivity contribution in [1.82, 2.24) is 0 Å². The monoisotopic (exact) mass is 982 g/mol. The molecular weight excluding hydrogens is 932 g/mol. The van der Waals surface area contributed by atoms with Gasteiger partial charge in [0.15, 0.2) is 0 Å². The second-order valence-corrected chi connectivity index (χ2v) is 21.3. The number of fused-ring (bicyclic) bond motifs is 3. The zero-order chi connectivity index (χ0) is 49.0. The van der Waals surface area contributed by atoms with Gasteiger partial charge in [0.05, 0.1) is 0 Å². The van der Waals surface area contributed by atoms with E-state index in [1.165, 1.54) is 43.8 Å². The normalized spacial score (nSPS) is 14.2. The molecule has 0 saturated carbocycles.